The number of carbonyl (C=O) groups is 5. The zero-order valence-corrected chi connectivity index (χ0v) is 23.2. The third kappa shape index (κ3) is 6.59. The molecule has 5 amide bonds. The van der Waals surface area contributed by atoms with E-state index in [-0.39, 0.29) is 54.3 Å². The molecule has 222 valence electrons. The molecule has 2 aliphatic rings. The van der Waals surface area contributed by atoms with Gasteiger partial charge in [0, 0.05) is 18.7 Å². The molecular weight excluding hydrogens is 544 g/mol. The first kappa shape index (κ1) is 29.8. The smallest absolute Gasteiger partial charge is 0.256 e. The lowest BCUT2D eigenvalue weighted by Crippen LogP contribution is -2.47. The molecule has 0 aromatic heterocycles. The fourth-order valence-corrected chi connectivity index (χ4v) is 5.08. The molecule has 2 heterocycles. The Bertz CT molecular complexity index is 1420. The van der Waals surface area contributed by atoms with Crippen molar-refractivity contribution in [3.05, 3.63) is 53.6 Å². The third-order valence-electron chi connectivity index (χ3n) is 7.12. The minimum atomic E-state index is -0.973. The van der Waals surface area contributed by atoms with Crippen molar-refractivity contribution < 1.29 is 28.7 Å². The van der Waals surface area contributed by atoms with Crippen molar-refractivity contribution in [2.24, 2.45) is 22.2 Å². The molecule has 2 aliphatic heterocycles. The summed E-state index contributed by atoms with van der Waals surface area (Å²) >= 11 is 0. The predicted molar refractivity (Wildman–Crippen MR) is 155 cm³/mol. The van der Waals surface area contributed by atoms with E-state index in [1.54, 1.807) is 29.2 Å². The predicted octanol–water partition coefficient (Wildman–Crippen LogP) is -0.0776. The van der Waals surface area contributed by atoms with E-state index in [9.17, 15) is 24.0 Å². The first-order valence-corrected chi connectivity index (χ1v) is 13.5. The second kappa shape index (κ2) is 13.0. The van der Waals surface area contributed by atoms with Gasteiger partial charge in [0.2, 0.25) is 17.7 Å². The number of methoxy groups -OCH3 is 1. The maximum Gasteiger partial charge on any atom is 0.256 e. The second-order valence-electron chi connectivity index (χ2n) is 9.94. The first-order valence-electron chi connectivity index (χ1n) is 13.5. The van der Waals surface area contributed by atoms with Gasteiger partial charge in [-0.25, -0.2) is 0 Å². The summed E-state index contributed by atoms with van der Waals surface area (Å²) in [6, 6.07) is 9.43. The summed E-state index contributed by atoms with van der Waals surface area (Å²) in [5, 5.41) is 5.30. The van der Waals surface area contributed by atoms with Crippen molar-refractivity contribution >= 4 is 46.9 Å². The second-order valence-corrected chi connectivity index (χ2v) is 9.94. The molecule has 14 nitrogen and oxygen atoms in total. The number of rotatable bonds is 11. The van der Waals surface area contributed by atoms with Crippen molar-refractivity contribution in [2.75, 3.05) is 37.0 Å². The minimum Gasteiger partial charge on any atom is -0.495 e. The number of ether oxygens (including phenoxy) is 1. The Hall–Kier alpha value is -5.14. The van der Waals surface area contributed by atoms with Crippen molar-refractivity contribution in [1.82, 2.24) is 10.2 Å². The summed E-state index contributed by atoms with van der Waals surface area (Å²) in [4.78, 5) is 71.5. The van der Waals surface area contributed by atoms with Gasteiger partial charge in [0.15, 0.2) is 5.96 Å². The highest BCUT2D eigenvalue weighted by atomic mass is 16.5. The molecule has 14 heteroatoms. The van der Waals surface area contributed by atoms with Crippen LogP contribution >= 0.6 is 0 Å². The summed E-state index contributed by atoms with van der Waals surface area (Å²) < 4.78 is 5.36. The van der Waals surface area contributed by atoms with Crippen LogP contribution in [0.5, 0.6) is 5.75 Å². The molecule has 0 bridgehead atoms. The number of aliphatic imine (C=N–C) groups is 1. The first-order chi connectivity index (χ1) is 20.1. The summed E-state index contributed by atoms with van der Waals surface area (Å²) in [6.45, 7) is 0.368. The van der Waals surface area contributed by atoms with Crippen molar-refractivity contribution in [2.45, 2.75) is 37.8 Å². The molecule has 1 fully saturated rings. The van der Waals surface area contributed by atoms with Crippen LogP contribution in [0.4, 0.5) is 11.4 Å². The maximum atomic E-state index is 13.5. The van der Waals surface area contributed by atoms with Crippen molar-refractivity contribution in [1.29, 1.82) is 0 Å². The van der Waals surface area contributed by atoms with Crippen LogP contribution in [0.3, 0.4) is 0 Å². The molecular formula is C28H34N8O6. The number of guanidine groups is 1. The Kier molecular flexibility index (Phi) is 9.25. The number of nitrogens with two attached hydrogens (primary N) is 3. The van der Waals surface area contributed by atoms with E-state index >= 15 is 0 Å². The highest BCUT2D eigenvalue weighted by Crippen LogP contribution is 2.32. The van der Waals surface area contributed by atoms with Crippen LogP contribution in [-0.4, -0.2) is 79.2 Å². The molecule has 4 rings (SSSR count). The van der Waals surface area contributed by atoms with Gasteiger partial charge in [-0.2, -0.15) is 0 Å². The lowest BCUT2D eigenvalue weighted by Gasteiger charge is -2.25. The van der Waals surface area contributed by atoms with E-state index in [2.05, 4.69) is 15.6 Å². The summed E-state index contributed by atoms with van der Waals surface area (Å²) in [7, 11) is 1.40. The van der Waals surface area contributed by atoms with Crippen LogP contribution in [0.1, 0.15) is 46.4 Å². The number of benzene rings is 2. The number of amides is 5. The van der Waals surface area contributed by atoms with Crippen LogP contribution in [0.25, 0.3) is 0 Å². The third-order valence-corrected chi connectivity index (χ3v) is 7.12. The van der Waals surface area contributed by atoms with Gasteiger partial charge in [-0.05, 0) is 56.0 Å². The van der Waals surface area contributed by atoms with Gasteiger partial charge in [0.25, 0.3) is 11.8 Å². The molecule has 0 saturated carbocycles. The van der Waals surface area contributed by atoms with E-state index in [0.717, 1.165) is 0 Å². The molecule has 0 radical (unpaired) electrons. The van der Waals surface area contributed by atoms with E-state index in [1.165, 1.54) is 30.2 Å². The quantitative estimate of drug-likeness (QED) is 0.138. The van der Waals surface area contributed by atoms with E-state index < -0.39 is 29.8 Å². The molecule has 42 heavy (non-hydrogen) atoms. The molecule has 1 saturated heterocycles. The van der Waals surface area contributed by atoms with Crippen LogP contribution < -0.4 is 37.5 Å². The van der Waals surface area contributed by atoms with E-state index in [1.807, 2.05) is 0 Å². The molecule has 8 N–H and O–H groups in total. The summed E-state index contributed by atoms with van der Waals surface area (Å²) in [6.07, 6.45) is 1.83. The van der Waals surface area contributed by atoms with Crippen LogP contribution in [0.15, 0.2) is 47.5 Å². The van der Waals surface area contributed by atoms with Gasteiger partial charge in [0.05, 0.1) is 24.0 Å². The molecule has 2 aromatic rings. The Morgan fingerprint density at radius 3 is 2.60 bits per heavy atom. The van der Waals surface area contributed by atoms with Gasteiger partial charge in [-0.15, -0.1) is 0 Å². The van der Waals surface area contributed by atoms with Crippen LogP contribution in [-0.2, 0) is 14.4 Å². The Balaban J connectivity index is 1.50. The van der Waals surface area contributed by atoms with Crippen molar-refractivity contribution in [3.63, 3.8) is 0 Å². The highest BCUT2D eigenvalue weighted by Gasteiger charge is 2.42. The number of nitrogens with zero attached hydrogens (tertiary/aromatic N) is 3. The average molecular weight is 579 g/mol. The standard InChI is InChI=1S/C28H34N8O6/c1-42-22-11-10-16(25(39)34-18(24(29)38)7-4-12-32-28(30)31)14-19(22)33-23(37)15-36-20-8-3-2-6-17(20)26(40)35-13-5-9-21(35)27(36)41/h2-3,6,8,10-11,14,18,21H,4-5,7,9,12-13,15H2,1H3,(H2,29,38)(H,33,37)(H,34,39)(H4,30,31,32)/t18-,21?/m1/s1. The number of hydrogen-bond donors (Lipinski definition) is 5. The van der Waals surface area contributed by atoms with Crippen LogP contribution in [0, 0.1) is 0 Å². The lowest BCUT2D eigenvalue weighted by molar-refractivity contribution is -0.124. The Morgan fingerprint density at radius 2 is 1.88 bits per heavy atom. The Morgan fingerprint density at radius 1 is 1.12 bits per heavy atom. The number of fused-ring (bicyclic) bond motifs is 2. The van der Waals surface area contributed by atoms with Gasteiger partial charge >= 0.3 is 0 Å². The number of anilines is 2. The van der Waals surface area contributed by atoms with Gasteiger partial charge < -0.3 is 42.4 Å². The number of para-hydroxylation sites is 1. The minimum absolute atomic E-state index is 0.0825. The van der Waals surface area contributed by atoms with Crippen LogP contribution in [0.2, 0.25) is 0 Å². The maximum absolute atomic E-state index is 13.5. The molecule has 0 aliphatic carbocycles. The number of carbonyl (C=O) groups excluding carboxylic acids is 5. The lowest BCUT2D eigenvalue weighted by atomic mass is 10.1. The summed E-state index contributed by atoms with van der Waals surface area (Å²) in [5.41, 5.74) is 17.1. The average Bonchev–Trinajstić information content (AvgIpc) is 3.44. The molecule has 2 aromatic carbocycles. The van der Waals surface area contributed by atoms with E-state index in [0.29, 0.717) is 37.1 Å². The zero-order chi connectivity index (χ0) is 30.4. The normalized spacial score (nSPS) is 16.5. The fourth-order valence-electron chi connectivity index (χ4n) is 5.08. The van der Waals surface area contributed by atoms with Gasteiger partial charge in [-0.1, -0.05) is 12.1 Å². The summed E-state index contributed by atoms with van der Waals surface area (Å²) in [5.74, 6) is -2.28. The van der Waals surface area contributed by atoms with E-state index in [4.69, 9.17) is 21.9 Å². The number of hydrogen-bond acceptors (Lipinski definition) is 7. The van der Waals surface area contributed by atoms with Gasteiger partial charge in [-0.3, -0.25) is 29.0 Å². The number of nitrogens with one attached hydrogen (secondary N) is 2. The number of primary amides is 1. The SMILES string of the molecule is COc1ccc(C(=O)N[C@H](CCCN=C(N)N)C(N)=O)cc1NC(=O)CN1C(=O)C2CCCN2C(=O)c2ccccc21. The monoisotopic (exact) mass is 578 g/mol. The molecule has 2 atom stereocenters. The molecule has 0 spiro atoms. The van der Waals surface area contributed by atoms with Crippen molar-refractivity contribution in [3.8, 4) is 5.75 Å². The topological polar surface area (TPSA) is 216 Å². The zero-order valence-electron chi connectivity index (χ0n) is 23.2. The largest absolute Gasteiger partial charge is 0.495 e. The van der Waals surface area contributed by atoms with Gasteiger partial charge in [0.1, 0.15) is 24.4 Å². The molecule has 1 unspecified atom stereocenters. The fraction of sp³-hybridized carbons (Fsp3) is 0.357. The Labute approximate surface area is 242 Å². The highest BCUT2D eigenvalue weighted by molar-refractivity contribution is 6.13.